The standard InChI is InChI=1S/C15H17BrN2O/c16-13-8-11-2-1-5-17-15(11)12(9-13)10-18-6-3-14(19)4-7-18/h1-2,5,8-9,14,19H,3-4,6-7,10H2. The number of aliphatic hydroxyl groups is 1. The topological polar surface area (TPSA) is 36.4 Å². The third-order valence-electron chi connectivity index (χ3n) is 3.70. The Morgan fingerprint density at radius 3 is 2.89 bits per heavy atom. The summed E-state index contributed by atoms with van der Waals surface area (Å²) in [5.41, 5.74) is 2.33. The number of hydrogen-bond acceptors (Lipinski definition) is 3. The molecule has 0 radical (unpaired) electrons. The summed E-state index contributed by atoms with van der Waals surface area (Å²) >= 11 is 3.57. The van der Waals surface area contributed by atoms with E-state index in [0.717, 1.165) is 42.5 Å². The van der Waals surface area contributed by atoms with Crippen LogP contribution in [0.15, 0.2) is 34.9 Å². The molecular formula is C15H17BrN2O. The molecule has 0 atom stereocenters. The number of halogens is 1. The predicted molar refractivity (Wildman–Crippen MR) is 80.0 cm³/mol. The normalized spacial score (nSPS) is 18.0. The van der Waals surface area contributed by atoms with Crippen molar-refractivity contribution >= 4 is 26.8 Å². The molecule has 0 bridgehead atoms. The van der Waals surface area contributed by atoms with Crippen LogP contribution >= 0.6 is 15.9 Å². The highest BCUT2D eigenvalue weighted by atomic mass is 79.9. The van der Waals surface area contributed by atoms with E-state index in [1.165, 1.54) is 10.9 Å². The Morgan fingerprint density at radius 1 is 1.32 bits per heavy atom. The lowest BCUT2D eigenvalue weighted by Crippen LogP contribution is -2.35. The third kappa shape index (κ3) is 2.96. The van der Waals surface area contributed by atoms with Gasteiger partial charge >= 0.3 is 0 Å². The van der Waals surface area contributed by atoms with Gasteiger partial charge < -0.3 is 5.11 Å². The number of fused-ring (bicyclic) bond motifs is 1. The van der Waals surface area contributed by atoms with Crippen molar-refractivity contribution in [3.05, 3.63) is 40.5 Å². The van der Waals surface area contributed by atoms with Crippen LogP contribution < -0.4 is 0 Å². The van der Waals surface area contributed by atoms with Crippen molar-refractivity contribution in [1.82, 2.24) is 9.88 Å². The first-order chi connectivity index (χ1) is 9.22. The maximum atomic E-state index is 9.56. The number of benzene rings is 1. The number of hydrogen-bond donors (Lipinski definition) is 1. The molecule has 3 rings (SSSR count). The lowest BCUT2D eigenvalue weighted by molar-refractivity contribution is 0.0794. The van der Waals surface area contributed by atoms with Gasteiger partial charge in [0.05, 0.1) is 11.6 Å². The van der Waals surface area contributed by atoms with Gasteiger partial charge in [-0.15, -0.1) is 0 Å². The van der Waals surface area contributed by atoms with Gasteiger partial charge in [-0.25, -0.2) is 0 Å². The van der Waals surface area contributed by atoms with Crippen molar-refractivity contribution in [2.24, 2.45) is 0 Å². The van der Waals surface area contributed by atoms with Crippen LogP contribution in [0, 0.1) is 0 Å². The molecule has 1 aromatic heterocycles. The molecule has 0 spiro atoms. The van der Waals surface area contributed by atoms with Crippen molar-refractivity contribution in [1.29, 1.82) is 0 Å². The Labute approximate surface area is 121 Å². The zero-order valence-corrected chi connectivity index (χ0v) is 12.3. The van der Waals surface area contributed by atoms with Crippen molar-refractivity contribution < 1.29 is 5.11 Å². The second-order valence-corrected chi connectivity index (χ2v) is 6.06. The summed E-state index contributed by atoms with van der Waals surface area (Å²) < 4.78 is 1.10. The van der Waals surface area contributed by atoms with E-state index in [9.17, 15) is 5.11 Å². The van der Waals surface area contributed by atoms with Crippen LogP contribution in [0.25, 0.3) is 10.9 Å². The first kappa shape index (κ1) is 13.0. The van der Waals surface area contributed by atoms with Gasteiger partial charge in [-0.05, 0) is 36.6 Å². The van der Waals surface area contributed by atoms with E-state index in [2.05, 4.69) is 44.0 Å². The van der Waals surface area contributed by atoms with Crippen molar-refractivity contribution in [2.45, 2.75) is 25.5 Å². The van der Waals surface area contributed by atoms with E-state index in [1.54, 1.807) is 0 Å². The first-order valence-electron chi connectivity index (χ1n) is 6.66. The van der Waals surface area contributed by atoms with Crippen molar-refractivity contribution in [3.8, 4) is 0 Å². The van der Waals surface area contributed by atoms with Gasteiger partial charge in [-0.1, -0.05) is 22.0 Å². The fraction of sp³-hybridized carbons (Fsp3) is 0.400. The average Bonchev–Trinajstić information content (AvgIpc) is 2.41. The first-order valence-corrected chi connectivity index (χ1v) is 7.45. The van der Waals surface area contributed by atoms with Gasteiger partial charge in [0.1, 0.15) is 0 Å². The summed E-state index contributed by atoms with van der Waals surface area (Å²) in [6, 6.07) is 8.32. The molecule has 1 aliphatic heterocycles. The summed E-state index contributed by atoms with van der Waals surface area (Å²) in [6.45, 7) is 2.82. The van der Waals surface area contributed by atoms with E-state index < -0.39 is 0 Å². The molecular weight excluding hydrogens is 304 g/mol. The maximum Gasteiger partial charge on any atom is 0.0747 e. The second-order valence-electron chi connectivity index (χ2n) is 5.15. The highest BCUT2D eigenvalue weighted by molar-refractivity contribution is 9.10. The SMILES string of the molecule is OC1CCN(Cc2cc(Br)cc3cccnc23)CC1. The third-order valence-corrected chi connectivity index (χ3v) is 4.16. The number of pyridine rings is 1. The molecule has 0 aliphatic carbocycles. The lowest BCUT2D eigenvalue weighted by atomic mass is 10.1. The molecule has 0 saturated carbocycles. The molecule has 19 heavy (non-hydrogen) atoms. The fourth-order valence-electron chi connectivity index (χ4n) is 2.67. The highest BCUT2D eigenvalue weighted by Gasteiger charge is 2.18. The van der Waals surface area contributed by atoms with Crippen LogP contribution in [-0.2, 0) is 6.54 Å². The van der Waals surface area contributed by atoms with Gasteiger partial charge in [0, 0.05) is 35.7 Å². The van der Waals surface area contributed by atoms with Gasteiger partial charge in [0.25, 0.3) is 0 Å². The number of rotatable bonds is 2. The monoisotopic (exact) mass is 320 g/mol. The Morgan fingerprint density at radius 2 is 2.11 bits per heavy atom. The van der Waals surface area contributed by atoms with Crippen LogP contribution in [0.5, 0.6) is 0 Å². The van der Waals surface area contributed by atoms with E-state index in [4.69, 9.17) is 0 Å². The molecule has 1 aromatic carbocycles. The Hall–Kier alpha value is -0.970. The van der Waals surface area contributed by atoms with Gasteiger partial charge in [-0.2, -0.15) is 0 Å². The van der Waals surface area contributed by atoms with E-state index in [0.29, 0.717) is 0 Å². The molecule has 1 aliphatic rings. The zero-order valence-electron chi connectivity index (χ0n) is 10.7. The van der Waals surface area contributed by atoms with E-state index >= 15 is 0 Å². The molecule has 2 heterocycles. The Bertz CT molecular complexity index is 579. The maximum absolute atomic E-state index is 9.56. The smallest absolute Gasteiger partial charge is 0.0747 e. The van der Waals surface area contributed by atoms with Crippen LogP contribution in [0.4, 0.5) is 0 Å². The van der Waals surface area contributed by atoms with Crippen molar-refractivity contribution in [3.63, 3.8) is 0 Å². The summed E-state index contributed by atoms with van der Waals surface area (Å²) in [4.78, 5) is 6.90. The number of likely N-dealkylation sites (tertiary alicyclic amines) is 1. The fourth-order valence-corrected chi connectivity index (χ4v) is 3.19. The minimum Gasteiger partial charge on any atom is -0.393 e. The van der Waals surface area contributed by atoms with Crippen LogP contribution in [0.1, 0.15) is 18.4 Å². The second kappa shape index (κ2) is 5.57. The molecule has 4 heteroatoms. The molecule has 0 unspecified atom stereocenters. The largest absolute Gasteiger partial charge is 0.393 e. The minimum absolute atomic E-state index is 0.117. The molecule has 2 aromatic rings. The average molecular weight is 321 g/mol. The quantitative estimate of drug-likeness (QED) is 0.924. The van der Waals surface area contributed by atoms with Crippen molar-refractivity contribution in [2.75, 3.05) is 13.1 Å². The molecule has 1 fully saturated rings. The van der Waals surface area contributed by atoms with E-state index in [-0.39, 0.29) is 6.10 Å². The number of piperidine rings is 1. The summed E-state index contributed by atoms with van der Waals surface area (Å²) in [5, 5.41) is 10.7. The molecule has 1 N–H and O–H groups in total. The van der Waals surface area contributed by atoms with Gasteiger partial charge in [0.15, 0.2) is 0 Å². The number of nitrogens with zero attached hydrogens (tertiary/aromatic N) is 2. The molecule has 1 saturated heterocycles. The summed E-state index contributed by atoms with van der Waals surface area (Å²) in [6.07, 6.45) is 3.48. The Kier molecular flexibility index (Phi) is 3.82. The number of aliphatic hydroxyl groups excluding tert-OH is 1. The summed E-state index contributed by atoms with van der Waals surface area (Å²) in [7, 11) is 0. The van der Waals surface area contributed by atoms with Gasteiger partial charge in [-0.3, -0.25) is 9.88 Å². The molecule has 100 valence electrons. The number of aromatic nitrogens is 1. The van der Waals surface area contributed by atoms with E-state index in [1.807, 2.05) is 12.3 Å². The zero-order chi connectivity index (χ0) is 13.2. The van der Waals surface area contributed by atoms with Crippen LogP contribution in [-0.4, -0.2) is 34.2 Å². The molecule has 3 nitrogen and oxygen atoms in total. The summed E-state index contributed by atoms with van der Waals surface area (Å²) in [5.74, 6) is 0. The lowest BCUT2D eigenvalue weighted by Gasteiger charge is -2.29. The minimum atomic E-state index is -0.117. The van der Waals surface area contributed by atoms with Gasteiger partial charge in [0.2, 0.25) is 0 Å². The van der Waals surface area contributed by atoms with Crippen LogP contribution in [0.2, 0.25) is 0 Å². The Balaban J connectivity index is 1.88. The highest BCUT2D eigenvalue weighted by Crippen LogP contribution is 2.24. The molecule has 0 amide bonds. The predicted octanol–water partition coefficient (Wildman–Crippen LogP) is 2.95. The van der Waals surface area contributed by atoms with Crippen LogP contribution in [0.3, 0.4) is 0 Å².